The fourth-order valence-corrected chi connectivity index (χ4v) is 3.69. The molecule has 3 rings (SSSR count). The van der Waals surface area contributed by atoms with Crippen molar-refractivity contribution in [3.05, 3.63) is 32.9 Å². The van der Waals surface area contributed by atoms with Crippen LogP contribution in [-0.4, -0.2) is 22.6 Å². The van der Waals surface area contributed by atoms with Crippen molar-refractivity contribution in [2.45, 2.75) is 39.2 Å². The molecule has 106 valence electrons. The zero-order chi connectivity index (χ0) is 14.1. The van der Waals surface area contributed by atoms with E-state index in [1.807, 2.05) is 0 Å². The van der Waals surface area contributed by atoms with Gasteiger partial charge in [-0.05, 0) is 67.2 Å². The van der Waals surface area contributed by atoms with E-state index in [-0.39, 0.29) is 0 Å². The minimum absolute atomic E-state index is 0.763. The van der Waals surface area contributed by atoms with Gasteiger partial charge in [0, 0.05) is 27.3 Å². The summed E-state index contributed by atoms with van der Waals surface area (Å²) in [4.78, 5) is 10.5. The molecular formula is C15H18BrN3S. The molecule has 0 radical (unpaired) electrons. The van der Waals surface area contributed by atoms with Gasteiger partial charge in [0.1, 0.15) is 0 Å². The average Bonchev–Trinajstić information content (AvgIpc) is 3.12. The Bertz CT molecular complexity index is 596. The summed E-state index contributed by atoms with van der Waals surface area (Å²) in [6.45, 7) is 5.21. The summed E-state index contributed by atoms with van der Waals surface area (Å²) < 4.78 is 1.09. The predicted molar refractivity (Wildman–Crippen MR) is 87.2 cm³/mol. The van der Waals surface area contributed by atoms with E-state index in [0.717, 1.165) is 45.6 Å². The van der Waals surface area contributed by atoms with Gasteiger partial charge in [0.05, 0.1) is 4.88 Å². The van der Waals surface area contributed by atoms with Crippen LogP contribution in [0.3, 0.4) is 0 Å². The van der Waals surface area contributed by atoms with Gasteiger partial charge < -0.3 is 5.32 Å². The molecule has 2 aromatic heterocycles. The quantitative estimate of drug-likeness (QED) is 0.888. The number of aryl methyl sites for hydroxylation is 2. The number of rotatable bonds is 5. The molecule has 1 aliphatic rings. The van der Waals surface area contributed by atoms with Crippen LogP contribution in [0.4, 0.5) is 0 Å². The number of nitrogens with one attached hydrogen (secondary N) is 1. The van der Waals surface area contributed by atoms with Gasteiger partial charge in [-0.25, -0.2) is 9.97 Å². The summed E-state index contributed by atoms with van der Waals surface area (Å²) in [5.74, 6) is 0.842. The lowest BCUT2D eigenvalue weighted by atomic mass is 10.1. The maximum atomic E-state index is 4.68. The molecule has 0 aromatic carbocycles. The van der Waals surface area contributed by atoms with Crippen molar-refractivity contribution in [3.8, 4) is 10.7 Å². The molecular weight excluding hydrogens is 334 g/mol. The van der Waals surface area contributed by atoms with Crippen LogP contribution in [0.15, 0.2) is 15.9 Å². The largest absolute Gasteiger partial charge is 0.314 e. The second-order valence-corrected chi connectivity index (χ2v) is 7.13. The van der Waals surface area contributed by atoms with E-state index in [1.165, 1.54) is 18.4 Å². The molecule has 0 bridgehead atoms. The Kier molecular flexibility index (Phi) is 4.19. The zero-order valence-corrected chi connectivity index (χ0v) is 14.1. The summed E-state index contributed by atoms with van der Waals surface area (Å²) in [7, 11) is 0. The Balaban J connectivity index is 1.78. The molecule has 20 heavy (non-hydrogen) atoms. The van der Waals surface area contributed by atoms with E-state index in [9.17, 15) is 0 Å². The van der Waals surface area contributed by atoms with Gasteiger partial charge in [-0.2, -0.15) is 0 Å². The Labute approximate surface area is 132 Å². The third kappa shape index (κ3) is 3.27. The first-order valence-electron chi connectivity index (χ1n) is 6.95. The minimum Gasteiger partial charge on any atom is -0.314 e. The van der Waals surface area contributed by atoms with E-state index in [0.29, 0.717) is 0 Å². The van der Waals surface area contributed by atoms with Crippen molar-refractivity contribution in [3.63, 3.8) is 0 Å². The van der Waals surface area contributed by atoms with Crippen molar-refractivity contribution >= 4 is 27.3 Å². The van der Waals surface area contributed by atoms with Gasteiger partial charge in [0.15, 0.2) is 5.82 Å². The van der Waals surface area contributed by atoms with Crippen molar-refractivity contribution in [1.82, 2.24) is 15.3 Å². The van der Waals surface area contributed by atoms with Gasteiger partial charge in [-0.3, -0.25) is 0 Å². The number of hydrogen-bond acceptors (Lipinski definition) is 4. The zero-order valence-electron chi connectivity index (χ0n) is 11.7. The lowest BCUT2D eigenvalue weighted by molar-refractivity contribution is 0.676. The highest BCUT2D eigenvalue weighted by atomic mass is 79.9. The molecule has 1 N–H and O–H groups in total. The summed E-state index contributed by atoms with van der Waals surface area (Å²) in [6.07, 6.45) is 3.68. The monoisotopic (exact) mass is 351 g/mol. The SMILES string of the molecule is Cc1nc(-c2cc(Br)cs2)nc(C)c1CCNC1CC1. The van der Waals surface area contributed by atoms with E-state index < -0.39 is 0 Å². The minimum atomic E-state index is 0.763. The van der Waals surface area contributed by atoms with Crippen LogP contribution < -0.4 is 5.32 Å². The first-order valence-corrected chi connectivity index (χ1v) is 8.62. The van der Waals surface area contributed by atoms with Crippen LogP contribution in [0, 0.1) is 13.8 Å². The molecule has 3 nitrogen and oxygen atoms in total. The molecule has 0 unspecified atom stereocenters. The first-order chi connectivity index (χ1) is 9.63. The van der Waals surface area contributed by atoms with Gasteiger partial charge in [-0.15, -0.1) is 11.3 Å². The predicted octanol–water partition coefficient (Wildman–Crippen LogP) is 3.88. The topological polar surface area (TPSA) is 37.8 Å². The van der Waals surface area contributed by atoms with Crippen LogP contribution in [0.2, 0.25) is 0 Å². The highest BCUT2D eigenvalue weighted by Gasteiger charge is 2.20. The second-order valence-electron chi connectivity index (χ2n) is 5.30. The third-order valence-corrected chi connectivity index (χ3v) is 5.28. The number of hydrogen-bond donors (Lipinski definition) is 1. The Hall–Kier alpha value is -0.780. The standard InChI is InChI=1S/C15H18BrN3S/c1-9-13(5-6-17-12-3-4-12)10(2)19-15(18-9)14-7-11(16)8-20-14/h7-8,12,17H,3-6H2,1-2H3. The number of thiophene rings is 1. The number of aromatic nitrogens is 2. The molecule has 2 heterocycles. The maximum Gasteiger partial charge on any atom is 0.169 e. The van der Waals surface area contributed by atoms with Crippen molar-refractivity contribution in [2.75, 3.05) is 6.54 Å². The fourth-order valence-electron chi connectivity index (χ4n) is 2.33. The van der Waals surface area contributed by atoms with Crippen LogP contribution in [-0.2, 0) is 6.42 Å². The van der Waals surface area contributed by atoms with E-state index in [1.54, 1.807) is 11.3 Å². The number of halogens is 1. The van der Waals surface area contributed by atoms with Crippen LogP contribution in [0.5, 0.6) is 0 Å². The Morgan fingerprint density at radius 1 is 1.30 bits per heavy atom. The Morgan fingerprint density at radius 3 is 2.55 bits per heavy atom. The van der Waals surface area contributed by atoms with Gasteiger partial charge in [0.25, 0.3) is 0 Å². The van der Waals surface area contributed by atoms with Gasteiger partial charge in [-0.1, -0.05) is 0 Å². The molecule has 0 atom stereocenters. The van der Waals surface area contributed by atoms with Crippen LogP contribution in [0.1, 0.15) is 29.8 Å². The molecule has 0 aliphatic heterocycles. The molecule has 2 aromatic rings. The van der Waals surface area contributed by atoms with Gasteiger partial charge >= 0.3 is 0 Å². The molecule has 0 amide bonds. The molecule has 1 aliphatic carbocycles. The molecule has 5 heteroatoms. The smallest absolute Gasteiger partial charge is 0.169 e. The second kappa shape index (κ2) is 5.92. The third-order valence-electron chi connectivity index (χ3n) is 3.59. The summed E-state index contributed by atoms with van der Waals surface area (Å²) in [5.41, 5.74) is 3.50. The summed E-state index contributed by atoms with van der Waals surface area (Å²) in [5, 5.41) is 5.62. The molecule has 1 saturated carbocycles. The summed E-state index contributed by atoms with van der Waals surface area (Å²) >= 11 is 5.15. The van der Waals surface area contributed by atoms with E-state index in [2.05, 4.69) is 56.5 Å². The molecule has 0 saturated heterocycles. The van der Waals surface area contributed by atoms with Crippen molar-refractivity contribution in [1.29, 1.82) is 0 Å². The molecule has 1 fully saturated rings. The highest BCUT2D eigenvalue weighted by molar-refractivity contribution is 9.10. The fraction of sp³-hybridized carbons (Fsp3) is 0.467. The normalized spacial score (nSPS) is 14.8. The summed E-state index contributed by atoms with van der Waals surface area (Å²) in [6, 6.07) is 2.84. The van der Waals surface area contributed by atoms with Crippen LogP contribution >= 0.6 is 27.3 Å². The first kappa shape index (κ1) is 14.2. The van der Waals surface area contributed by atoms with E-state index >= 15 is 0 Å². The lowest BCUT2D eigenvalue weighted by Crippen LogP contribution is -2.20. The van der Waals surface area contributed by atoms with Crippen molar-refractivity contribution < 1.29 is 0 Å². The average molecular weight is 352 g/mol. The van der Waals surface area contributed by atoms with Crippen LogP contribution in [0.25, 0.3) is 10.7 Å². The lowest BCUT2D eigenvalue weighted by Gasteiger charge is -2.10. The maximum absolute atomic E-state index is 4.68. The van der Waals surface area contributed by atoms with Gasteiger partial charge in [0.2, 0.25) is 0 Å². The highest BCUT2D eigenvalue weighted by Crippen LogP contribution is 2.28. The number of nitrogens with zero attached hydrogens (tertiary/aromatic N) is 2. The molecule has 0 spiro atoms. The van der Waals surface area contributed by atoms with Crippen molar-refractivity contribution in [2.24, 2.45) is 0 Å². The van der Waals surface area contributed by atoms with E-state index in [4.69, 9.17) is 0 Å². The Morgan fingerprint density at radius 2 is 2.00 bits per heavy atom.